The zero-order valence-electron chi connectivity index (χ0n) is 22.1. The van der Waals surface area contributed by atoms with Gasteiger partial charge in [-0.05, 0) is 45.4 Å². The van der Waals surface area contributed by atoms with Crippen molar-refractivity contribution in [1.29, 1.82) is 0 Å². The molecule has 35 heavy (non-hydrogen) atoms. The second kappa shape index (κ2) is 8.95. The molecule has 1 unspecified atom stereocenters. The number of aromatic nitrogens is 2. The molecule has 1 atom stereocenters. The first kappa shape index (κ1) is 21.4. The molecule has 7 nitrogen and oxygen atoms in total. The summed E-state index contributed by atoms with van der Waals surface area (Å²) in [6, 6.07) is 4.46. The van der Waals surface area contributed by atoms with Gasteiger partial charge in [0.2, 0.25) is 0 Å². The molecule has 1 fully saturated rings. The summed E-state index contributed by atoms with van der Waals surface area (Å²) in [6.45, 7) is 2.22. The monoisotopic (exact) mass is 527 g/mol. The minimum absolute atomic E-state index is 0.0451. The Labute approximate surface area is 214 Å². The van der Waals surface area contributed by atoms with Crippen molar-refractivity contribution >= 4 is 45.9 Å². The van der Waals surface area contributed by atoms with Crippen LogP contribution in [0.15, 0.2) is 35.4 Å². The summed E-state index contributed by atoms with van der Waals surface area (Å²) >= 11 is 12.6. The van der Waals surface area contributed by atoms with E-state index >= 15 is 8.78 Å². The number of carbonyl (C=O) groups is 1. The summed E-state index contributed by atoms with van der Waals surface area (Å²) < 4.78 is 59.2. The van der Waals surface area contributed by atoms with Gasteiger partial charge in [-0.1, -0.05) is 23.2 Å². The Morgan fingerprint density at radius 3 is 2.69 bits per heavy atom. The van der Waals surface area contributed by atoms with Crippen molar-refractivity contribution in [1.82, 2.24) is 14.5 Å². The molecule has 1 N–H and O–H groups in total. The maximum atomic E-state index is 15.3. The molecule has 0 saturated carbocycles. The Hall–Kier alpha value is -2.91. The number of hydrogen-bond acceptors (Lipinski definition) is 5. The van der Waals surface area contributed by atoms with Crippen LogP contribution in [0.1, 0.15) is 36.9 Å². The number of nitrogens with one attached hydrogen (secondary N) is 1. The third-order valence-electron chi connectivity index (χ3n) is 5.66. The topological polar surface area (TPSA) is 76.5 Å². The number of halogens is 4. The standard InChI is InChI=1S/C24H24Cl2F2N4O3/c1-23(2,3)35-22(34)32-8-7-24(11-32,19-15(27)6-5-14(25)20(19)26)30-18-9-13-17(10-16(18)28)29-12-31(4)21(13)33/h5-6,9-10,12,30H,7-8,11H2,1-4H3/i4D3. The lowest BCUT2D eigenvalue weighted by molar-refractivity contribution is 0.0286. The molecule has 4 rings (SSSR count). The Kier molecular flexibility index (Phi) is 5.47. The molecule has 1 aliphatic heterocycles. The Morgan fingerprint density at radius 1 is 1.26 bits per heavy atom. The van der Waals surface area contributed by atoms with Crippen molar-refractivity contribution in [3.63, 3.8) is 0 Å². The number of carbonyl (C=O) groups excluding carboxylic acids is 1. The molecular formula is C24H24Cl2F2N4O3. The molecular weight excluding hydrogens is 501 g/mol. The number of ether oxygens (including phenoxy) is 1. The second-order valence-corrected chi connectivity index (χ2v) is 10.1. The average Bonchev–Trinajstić information content (AvgIpc) is 3.21. The number of amides is 1. The summed E-state index contributed by atoms with van der Waals surface area (Å²) in [7, 11) is 0. The van der Waals surface area contributed by atoms with Crippen molar-refractivity contribution < 1.29 is 22.4 Å². The first-order chi connectivity index (χ1) is 17.5. The SMILES string of the molecule is [2H]C([2H])([2H])n1cnc2cc(F)c(NC3(c4c(F)ccc(Cl)c4Cl)CCN(C(=O)OC(C)(C)C)C3)cc2c1=O. The van der Waals surface area contributed by atoms with E-state index in [2.05, 4.69) is 10.3 Å². The number of anilines is 1. The zero-order valence-corrected chi connectivity index (χ0v) is 20.6. The number of fused-ring (bicyclic) bond motifs is 1. The molecule has 2 aromatic carbocycles. The van der Waals surface area contributed by atoms with Crippen LogP contribution in [-0.2, 0) is 17.3 Å². The van der Waals surface area contributed by atoms with E-state index in [4.69, 9.17) is 32.1 Å². The van der Waals surface area contributed by atoms with E-state index in [0.717, 1.165) is 24.5 Å². The number of nitrogens with zero attached hydrogens (tertiary/aromatic N) is 3. The Morgan fingerprint density at radius 2 is 2.00 bits per heavy atom. The quantitative estimate of drug-likeness (QED) is 0.457. The van der Waals surface area contributed by atoms with Gasteiger partial charge in [0.25, 0.3) is 5.56 Å². The van der Waals surface area contributed by atoms with E-state index < -0.39 is 41.4 Å². The van der Waals surface area contributed by atoms with Crippen molar-refractivity contribution in [2.24, 2.45) is 6.98 Å². The van der Waals surface area contributed by atoms with Gasteiger partial charge < -0.3 is 19.5 Å². The lowest BCUT2D eigenvalue weighted by Crippen LogP contribution is -2.42. The molecule has 1 amide bonds. The predicted molar refractivity (Wildman–Crippen MR) is 131 cm³/mol. The minimum atomic E-state index is -2.81. The van der Waals surface area contributed by atoms with Gasteiger partial charge in [-0.3, -0.25) is 4.79 Å². The molecule has 186 valence electrons. The van der Waals surface area contributed by atoms with E-state index in [1.165, 1.54) is 11.0 Å². The molecule has 2 heterocycles. The fourth-order valence-corrected chi connectivity index (χ4v) is 4.61. The van der Waals surface area contributed by atoms with Crippen LogP contribution in [0.4, 0.5) is 19.3 Å². The predicted octanol–water partition coefficient (Wildman–Crippen LogP) is 5.47. The maximum absolute atomic E-state index is 15.3. The number of hydrogen-bond donors (Lipinski definition) is 1. The molecule has 0 aliphatic carbocycles. The van der Waals surface area contributed by atoms with Crippen molar-refractivity contribution in [3.8, 4) is 0 Å². The largest absolute Gasteiger partial charge is 0.444 e. The number of likely N-dealkylation sites (tertiary alicyclic amines) is 1. The van der Waals surface area contributed by atoms with Crippen LogP contribution in [0.5, 0.6) is 0 Å². The van der Waals surface area contributed by atoms with Crippen LogP contribution in [0.25, 0.3) is 10.9 Å². The zero-order chi connectivity index (χ0) is 28.2. The minimum Gasteiger partial charge on any atom is -0.444 e. The van der Waals surface area contributed by atoms with Gasteiger partial charge >= 0.3 is 6.09 Å². The lowest BCUT2D eigenvalue weighted by Gasteiger charge is -2.34. The van der Waals surface area contributed by atoms with Crippen LogP contribution in [0.3, 0.4) is 0 Å². The summed E-state index contributed by atoms with van der Waals surface area (Å²) in [6.07, 6.45) is 0.235. The van der Waals surface area contributed by atoms with Crippen LogP contribution in [0.2, 0.25) is 10.0 Å². The van der Waals surface area contributed by atoms with E-state index in [1.807, 2.05) is 0 Å². The summed E-state index contributed by atoms with van der Waals surface area (Å²) in [5.41, 5.74) is -3.61. The first-order valence-corrected chi connectivity index (χ1v) is 11.4. The third kappa shape index (κ3) is 4.79. The molecule has 3 aromatic rings. The van der Waals surface area contributed by atoms with Crippen molar-refractivity contribution in [2.75, 3.05) is 18.4 Å². The summed E-state index contributed by atoms with van der Waals surface area (Å²) in [5.74, 6) is -1.59. The van der Waals surface area contributed by atoms with Gasteiger partial charge in [0, 0.05) is 29.3 Å². The Bertz CT molecular complexity index is 1490. The normalized spacial score (nSPS) is 19.9. The summed E-state index contributed by atoms with van der Waals surface area (Å²) in [4.78, 5) is 31.0. The van der Waals surface area contributed by atoms with Crippen LogP contribution in [-0.4, -0.2) is 39.2 Å². The number of rotatable bonds is 3. The van der Waals surface area contributed by atoms with E-state index in [-0.39, 0.29) is 51.7 Å². The van der Waals surface area contributed by atoms with Gasteiger partial charge in [-0.15, -0.1) is 0 Å². The molecule has 11 heteroatoms. The van der Waals surface area contributed by atoms with Crippen molar-refractivity contribution in [2.45, 2.75) is 38.3 Å². The second-order valence-electron chi connectivity index (χ2n) is 9.35. The molecule has 0 bridgehead atoms. The van der Waals surface area contributed by atoms with Gasteiger partial charge in [-0.25, -0.2) is 18.6 Å². The fourth-order valence-electron chi connectivity index (χ4n) is 4.12. The Balaban J connectivity index is 1.86. The summed E-state index contributed by atoms with van der Waals surface area (Å²) in [5, 5.41) is 2.69. The highest BCUT2D eigenvalue weighted by Gasteiger charge is 2.46. The van der Waals surface area contributed by atoms with E-state index in [9.17, 15) is 9.59 Å². The van der Waals surface area contributed by atoms with Crippen molar-refractivity contribution in [3.05, 3.63) is 68.2 Å². The highest BCUT2D eigenvalue weighted by molar-refractivity contribution is 6.42. The molecule has 1 aliphatic rings. The smallest absolute Gasteiger partial charge is 0.410 e. The van der Waals surface area contributed by atoms with E-state index in [0.29, 0.717) is 4.57 Å². The average molecular weight is 528 g/mol. The number of aryl methyl sites for hydroxylation is 1. The molecule has 0 spiro atoms. The fraction of sp³-hybridized carbons (Fsp3) is 0.375. The van der Waals surface area contributed by atoms with Gasteiger partial charge in [0.05, 0.1) is 45.0 Å². The third-order valence-corrected chi connectivity index (χ3v) is 6.47. The molecule has 1 saturated heterocycles. The number of benzene rings is 2. The molecule has 1 aromatic heterocycles. The van der Waals surface area contributed by atoms with Crippen LogP contribution < -0.4 is 10.9 Å². The molecule has 0 radical (unpaired) electrons. The first-order valence-electron chi connectivity index (χ1n) is 12.1. The van der Waals surface area contributed by atoms with Gasteiger partial charge in [0.1, 0.15) is 17.2 Å². The lowest BCUT2D eigenvalue weighted by atomic mass is 9.87. The highest BCUT2D eigenvalue weighted by atomic mass is 35.5. The highest BCUT2D eigenvalue weighted by Crippen LogP contribution is 2.43. The van der Waals surface area contributed by atoms with Gasteiger partial charge in [0.15, 0.2) is 0 Å². The van der Waals surface area contributed by atoms with Crippen LogP contribution in [0, 0.1) is 11.6 Å². The maximum Gasteiger partial charge on any atom is 0.410 e. The van der Waals surface area contributed by atoms with E-state index in [1.54, 1.807) is 20.8 Å². The van der Waals surface area contributed by atoms with Crippen LogP contribution >= 0.6 is 23.2 Å². The van der Waals surface area contributed by atoms with Gasteiger partial charge in [-0.2, -0.15) is 0 Å².